The van der Waals surface area contributed by atoms with Gasteiger partial charge >= 0.3 is 18.1 Å². The van der Waals surface area contributed by atoms with E-state index in [2.05, 4.69) is 14.7 Å². The summed E-state index contributed by atoms with van der Waals surface area (Å²) in [7, 11) is 0. The van der Waals surface area contributed by atoms with Crippen molar-refractivity contribution in [1.82, 2.24) is 9.97 Å². The minimum absolute atomic E-state index is 0.0510. The topological polar surface area (TPSA) is 114 Å². The minimum atomic E-state index is -1.01. The van der Waals surface area contributed by atoms with E-state index in [4.69, 9.17) is 14.2 Å². The van der Waals surface area contributed by atoms with Crippen LogP contribution >= 0.6 is 0 Å². The fraction of sp³-hybridized carbons (Fsp3) is 0.278. The number of aromatic nitrogens is 2. The van der Waals surface area contributed by atoms with Gasteiger partial charge in [-0.15, -0.1) is 0 Å². The molecule has 9 heteroatoms. The van der Waals surface area contributed by atoms with E-state index in [0.29, 0.717) is 22.5 Å². The Labute approximate surface area is 154 Å². The van der Waals surface area contributed by atoms with Gasteiger partial charge in [-0.25, -0.2) is 14.6 Å². The highest BCUT2D eigenvalue weighted by Gasteiger charge is 2.32. The Morgan fingerprint density at radius 3 is 2.70 bits per heavy atom. The number of nitrogens with zero attached hydrogens (tertiary/aromatic N) is 2. The summed E-state index contributed by atoms with van der Waals surface area (Å²) < 4.78 is 19.9. The summed E-state index contributed by atoms with van der Waals surface area (Å²) in [5.74, 6) is -0.953. The second kappa shape index (κ2) is 7.81. The van der Waals surface area contributed by atoms with Crippen molar-refractivity contribution in [3.05, 3.63) is 41.5 Å². The number of cyclic esters (lactones) is 1. The predicted octanol–water partition coefficient (Wildman–Crippen LogP) is 2.20. The first-order valence-corrected chi connectivity index (χ1v) is 8.06. The number of aryl methyl sites for hydroxylation is 1. The fourth-order valence-corrected chi connectivity index (χ4v) is 2.61. The number of hydrogen-bond donors (Lipinski definition) is 0. The number of carbonyl (C=O) groups excluding carboxylic acids is 3. The summed E-state index contributed by atoms with van der Waals surface area (Å²) in [5, 5.41) is 0. The molecule has 2 aromatic heterocycles. The number of carbonyl (C=O) groups is 3. The van der Waals surface area contributed by atoms with Gasteiger partial charge in [-0.2, -0.15) is 0 Å². The zero-order valence-corrected chi connectivity index (χ0v) is 14.7. The molecular weight excluding hydrogens is 356 g/mol. The molecule has 27 heavy (non-hydrogen) atoms. The van der Waals surface area contributed by atoms with Crippen LogP contribution in [-0.2, 0) is 25.6 Å². The largest absolute Gasteiger partial charge is 0.514 e. The molecule has 0 fully saturated rings. The molecule has 0 bridgehead atoms. The standard InChI is InChI=1S/C18H16N2O7/c1-10-16(27-18(23)25-7-6-24-11(2)21)14(12-4-3-5-19-8-12)15-13(20-10)9-26-17(15)22/h3-5,8H,6-7,9H2,1-2H3. The lowest BCUT2D eigenvalue weighted by Crippen LogP contribution is -2.17. The molecule has 0 saturated carbocycles. The lowest BCUT2D eigenvalue weighted by atomic mass is 9.99. The maximum Gasteiger partial charge on any atom is 0.514 e. The summed E-state index contributed by atoms with van der Waals surface area (Å²) in [6.07, 6.45) is 2.11. The maximum atomic E-state index is 12.2. The molecule has 0 aromatic carbocycles. The van der Waals surface area contributed by atoms with Crippen molar-refractivity contribution < 1.29 is 33.3 Å². The van der Waals surface area contributed by atoms with E-state index in [0.717, 1.165) is 0 Å². The molecule has 0 aliphatic carbocycles. The van der Waals surface area contributed by atoms with Gasteiger partial charge < -0.3 is 18.9 Å². The molecule has 0 saturated heterocycles. The van der Waals surface area contributed by atoms with E-state index in [9.17, 15) is 14.4 Å². The molecule has 0 unspecified atom stereocenters. The monoisotopic (exact) mass is 372 g/mol. The normalized spacial score (nSPS) is 12.1. The van der Waals surface area contributed by atoms with Gasteiger partial charge in [0.25, 0.3) is 0 Å². The Balaban J connectivity index is 1.91. The summed E-state index contributed by atoms with van der Waals surface area (Å²) in [6.45, 7) is 2.69. The van der Waals surface area contributed by atoms with E-state index in [1.165, 1.54) is 6.92 Å². The molecule has 1 aliphatic heterocycles. The van der Waals surface area contributed by atoms with Gasteiger partial charge in [0.2, 0.25) is 0 Å². The summed E-state index contributed by atoms with van der Waals surface area (Å²) >= 11 is 0. The van der Waals surface area contributed by atoms with Crippen LogP contribution in [-0.4, -0.2) is 41.3 Å². The molecule has 0 atom stereocenters. The zero-order chi connectivity index (χ0) is 19.4. The highest BCUT2D eigenvalue weighted by molar-refractivity contribution is 6.02. The van der Waals surface area contributed by atoms with Crippen LogP contribution in [0.2, 0.25) is 0 Å². The smallest absolute Gasteiger partial charge is 0.462 e. The van der Waals surface area contributed by atoms with Crippen LogP contribution in [0.3, 0.4) is 0 Å². The van der Waals surface area contributed by atoms with Crippen molar-refractivity contribution in [3.63, 3.8) is 0 Å². The van der Waals surface area contributed by atoms with E-state index in [1.54, 1.807) is 31.5 Å². The van der Waals surface area contributed by atoms with Crippen molar-refractivity contribution in [1.29, 1.82) is 0 Å². The Hall–Kier alpha value is -3.49. The molecule has 0 spiro atoms. The summed E-state index contributed by atoms with van der Waals surface area (Å²) in [5.41, 5.74) is 2.02. The average Bonchev–Trinajstić information content (AvgIpc) is 3.00. The number of esters is 2. The lowest BCUT2D eigenvalue weighted by Gasteiger charge is -2.14. The summed E-state index contributed by atoms with van der Waals surface area (Å²) in [4.78, 5) is 43.3. The molecule has 2 aromatic rings. The van der Waals surface area contributed by atoms with Crippen LogP contribution in [0.5, 0.6) is 5.75 Å². The SMILES string of the molecule is CC(=O)OCCOC(=O)Oc1c(C)nc2c(c1-c1cccnc1)C(=O)OC2. The maximum absolute atomic E-state index is 12.2. The van der Waals surface area contributed by atoms with Crippen LogP contribution in [0.1, 0.15) is 28.7 Å². The first-order valence-electron chi connectivity index (χ1n) is 8.06. The predicted molar refractivity (Wildman–Crippen MR) is 89.9 cm³/mol. The molecule has 9 nitrogen and oxygen atoms in total. The van der Waals surface area contributed by atoms with Gasteiger partial charge in [0.15, 0.2) is 5.75 Å². The Morgan fingerprint density at radius 2 is 2.00 bits per heavy atom. The van der Waals surface area contributed by atoms with Crippen LogP contribution in [0, 0.1) is 6.92 Å². The van der Waals surface area contributed by atoms with Gasteiger partial charge in [-0.1, -0.05) is 6.07 Å². The Bertz CT molecular complexity index is 896. The van der Waals surface area contributed by atoms with E-state index in [1.807, 2.05) is 0 Å². The molecule has 0 amide bonds. The third kappa shape index (κ3) is 4.02. The van der Waals surface area contributed by atoms with Gasteiger partial charge in [0.1, 0.15) is 19.8 Å². The number of rotatable bonds is 5. The second-order valence-corrected chi connectivity index (χ2v) is 5.58. The minimum Gasteiger partial charge on any atom is -0.462 e. The number of ether oxygens (including phenoxy) is 4. The molecule has 1 aliphatic rings. The Kier molecular flexibility index (Phi) is 5.30. The average molecular weight is 372 g/mol. The number of fused-ring (bicyclic) bond motifs is 1. The van der Waals surface area contributed by atoms with Crippen LogP contribution in [0.25, 0.3) is 11.1 Å². The van der Waals surface area contributed by atoms with Crippen molar-refractivity contribution >= 4 is 18.1 Å². The second-order valence-electron chi connectivity index (χ2n) is 5.58. The van der Waals surface area contributed by atoms with E-state index >= 15 is 0 Å². The van der Waals surface area contributed by atoms with Crippen LogP contribution < -0.4 is 4.74 Å². The molecule has 3 rings (SSSR count). The first-order chi connectivity index (χ1) is 13.0. The highest BCUT2D eigenvalue weighted by atomic mass is 16.7. The molecule has 3 heterocycles. The van der Waals surface area contributed by atoms with Crippen molar-refractivity contribution in [2.45, 2.75) is 20.5 Å². The van der Waals surface area contributed by atoms with Crippen LogP contribution in [0.4, 0.5) is 4.79 Å². The fourth-order valence-electron chi connectivity index (χ4n) is 2.61. The van der Waals surface area contributed by atoms with Crippen molar-refractivity contribution in [2.75, 3.05) is 13.2 Å². The van der Waals surface area contributed by atoms with Crippen molar-refractivity contribution in [3.8, 4) is 16.9 Å². The number of pyridine rings is 2. The Morgan fingerprint density at radius 1 is 1.22 bits per heavy atom. The molecule has 0 radical (unpaired) electrons. The molecular formula is C18H16N2O7. The zero-order valence-electron chi connectivity index (χ0n) is 14.7. The number of hydrogen-bond acceptors (Lipinski definition) is 9. The van der Waals surface area contributed by atoms with Crippen LogP contribution in [0.15, 0.2) is 24.5 Å². The quantitative estimate of drug-likeness (QED) is 0.442. The first kappa shape index (κ1) is 18.3. The van der Waals surface area contributed by atoms with E-state index in [-0.39, 0.29) is 31.1 Å². The van der Waals surface area contributed by atoms with Crippen molar-refractivity contribution in [2.24, 2.45) is 0 Å². The molecule has 0 N–H and O–H groups in total. The van der Waals surface area contributed by atoms with Gasteiger partial charge in [-0.05, 0) is 13.0 Å². The van der Waals surface area contributed by atoms with Gasteiger partial charge in [0, 0.05) is 30.4 Å². The lowest BCUT2D eigenvalue weighted by molar-refractivity contribution is -0.142. The van der Waals surface area contributed by atoms with E-state index < -0.39 is 18.1 Å². The third-order valence-electron chi connectivity index (χ3n) is 3.69. The third-order valence-corrected chi connectivity index (χ3v) is 3.69. The summed E-state index contributed by atoms with van der Waals surface area (Å²) in [6, 6.07) is 3.42. The highest BCUT2D eigenvalue weighted by Crippen LogP contribution is 2.39. The van der Waals surface area contributed by atoms with Gasteiger partial charge in [-0.3, -0.25) is 9.78 Å². The molecule has 140 valence electrons. The van der Waals surface area contributed by atoms with Gasteiger partial charge in [0.05, 0.1) is 17.0 Å².